The molecule has 8 nitrogen and oxygen atoms in total. The predicted octanol–water partition coefficient (Wildman–Crippen LogP) is 1.33. The maximum absolute atomic E-state index is 13.6. The van der Waals surface area contributed by atoms with Crippen LogP contribution in [0.2, 0.25) is 0 Å². The Kier molecular flexibility index (Phi) is 6.42. The molecule has 5 atom stereocenters. The summed E-state index contributed by atoms with van der Waals surface area (Å²) in [6.07, 6.45) is -7.57. The van der Waals surface area contributed by atoms with Crippen LogP contribution in [-0.4, -0.2) is 56.0 Å². The quantitative estimate of drug-likeness (QED) is 0.473. The first-order valence-corrected chi connectivity index (χ1v) is 10.5. The van der Waals surface area contributed by atoms with Gasteiger partial charge in [-0.25, -0.2) is 0 Å². The summed E-state index contributed by atoms with van der Waals surface area (Å²) < 4.78 is 6.78. The van der Waals surface area contributed by atoms with Crippen LogP contribution in [0.15, 0.2) is 65.5 Å². The maximum atomic E-state index is 13.6. The zero-order valence-electron chi connectivity index (χ0n) is 17.9. The summed E-state index contributed by atoms with van der Waals surface area (Å²) in [7, 11) is 0. The van der Waals surface area contributed by atoms with Gasteiger partial charge in [-0.2, -0.15) is 5.26 Å². The molecular formula is C25H24N2O6. The summed E-state index contributed by atoms with van der Waals surface area (Å²) in [5.41, 5.74) is 2.17. The third-order valence-corrected chi connectivity index (χ3v) is 5.91. The van der Waals surface area contributed by atoms with Gasteiger partial charge in [0.05, 0.1) is 12.3 Å². The summed E-state index contributed by atoms with van der Waals surface area (Å²) in [5.74, 6) is 0. The molecule has 0 spiro atoms. The van der Waals surface area contributed by atoms with Crippen LogP contribution in [0.4, 0.5) is 0 Å². The van der Waals surface area contributed by atoms with E-state index in [0.29, 0.717) is 22.4 Å². The Bertz CT molecular complexity index is 1230. The number of ether oxygens (including phenoxy) is 1. The van der Waals surface area contributed by atoms with Gasteiger partial charge in [-0.1, -0.05) is 60.2 Å². The molecule has 0 aliphatic carbocycles. The molecule has 1 fully saturated rings. The molecule has 3 aromatic rings. The molecule has 170 valence electrons. The fourth-order valence-corrected chi connectivity index (χ4v) is 4.07. The Balaban J connectivity index is 2.01. The van der Waals surface area contributed by atoms with E-state index in [4.69, 9.17) is 4.74 Å². The molecular weight excluding hydrogens is 424 g/mol. The molecule has 0 saturated carbocycles. The van der Waals surface area contributed by atoms with Crippen molar-refractivity contribution in [3.05, 3.63) is 82.1 Å². The standard InChI is InChI=1S/C25H24N2O6/c1-14-7-9-16(10-8-14)19-11-17(15-5-3-2-4-6-15)18(12-26)24(32)27(19)25-23(31)22(30)21(29)20(13-28)33-25/h2-11,20-23,25,28-31H,13H2,1H3/t20-,21+,22+,23-,25-/m1/s1. The van der Waals surface area contributed by atoms with Crippen molar-refractivity contribution in [2.75, 3.05) is 6.61 Å². The lowest BCUT2D eigenvalue weighted by Crippen LogP contribution is -2.57. The van der Waals surface area contributed by atoms with Crippen LogP contribution in [-0.2, 0) is 4.74 Å². The first kappa shape index (κ1) is 22.9. The van der Waals surface area contributed by atoms with Crippen LogP contribution in [0, 0.1) is 18.3 Å². The summed E-state index contributed by atoms with van der Waals surface area (Å²) in [4.78, 5) is 13.6. The highest BCUT2D eigenvalue weighted by atomic mass is 16.6. The van der Waals surface area contributed by atoms with Gasteiger partial charge < -0.3 is 25.2 Å². The first-order chi connectivity index (χ1) is 15.9. The largest absolute Gasteiger partial charge is 0.394 e. The van der Waals surface area contributed by atoms with Crippen LogP contribution in [0.3, 0.4) is 0 Å². The number of pyridine rings is 1. The monoisotopic (exact) mass is 448 g/mol. The summed E-state index contributed by atoms with van der Waals surface area (Å²) >= 11 is 0. The molecule has 33 heavy (non-hydrogen) atoms. The van der Waals surface area contributed by atoms with Crippen molar-refractivity contribution in [3.8, 4) is 28.5 Å². The molecule has 0 amide bonds. The highest BCUT2D eigenvalue weighted by Crippen LogP contribution is 2.34. The van der Waals surface area contributed by atoms with E-state index in [9.17, 15) is 30.5 Å². The number of hydrogen-bond acceptors (Lipinski definition) is 7. The lowest BCUT2D eigenvalue weighted by atomic mass is 9.95. The second kappa shape index (κ2) is 9.27. The third-order valence-electron chi connectivity index (χ3n) is 5.91. The Labute approximate surface area is 190 Å². The van der Waals surface area contributed by atoms with E-state index in [1.54, 1.807) is 42.5 Å². The lowest BCUT2D eigenvalue weighted by Gasteiger charge is -2.41. The van der Waals surface area contributed by atoms with Crippen LogP contribution in [0.25, 0.3) is 22.4 Å². The number of rotatable bonds is 4. The van der Waals surface area contributed by atoms with Gasteiger partial charge in [-0.05, 0) is 24.1 Å². The number of aryl methyl sites for hydroxylation is 1. The zero-order chi connectivity index (χ0) is 23.7. The number of hydrogen-bond donors (Lipinski definition) is 4. The summed E-state index contributed by atoms with van der Waals surface area (Å²) in [6.45, 7) is 1.28. The molecule has 1 aromatic heterocycles. The molecule has 2 aromatic carbocycles. The molecule has 2 heterocycles. The fourth-order valence-electron chi connectivity index (χ4n) is 4.07. The van der Waals surface area contributed by atoms with Gasteiger partial charge in [-0.15, -0.1) is 0 Å². The van der Waals surface area contributed by atoms with Gasteiger partial charge >= 0.3 is 0 Å². The van der Waals surface area contributed by atoms with Crippen molar-refractivity contribution in [1.29, 1.82) is 5.26 Å². The van der Waals surface area contributed by atoms with Crippen LogP contribution < -0.4 is 5.56 Å². The van der Waals surface area contributed by atoms with Crippen molar-refractivity contribution < 1.29 is 25.2 Å². The van der Waals surface area contributed by atoms with Gasteiger partial charge in [0, 0.05) is 5.56 Å². The fraction of sp³-hybridized carbons (Fsp3) is 0.280. The number of nitriles is 1. The number of aliphatic hydroxyl groups excluding tert-OH is 4. The normalized spacial score (nSPS) is 24.9. The molecule has 1 saturated heterocycles. The van der Waals surface area contributed by atoms with E-state index in [0.717, 1.165) is 10.1 Å². The Morgan fingerprint density at radius 3 is 2.24 bits per heavy atom. The molecule has 1 aliphatic rings. The maximum Gasteiger partial charge on any atom is 0.271 e. The Morgan fingerprint density at radius 1 is 0.970 bits per heavy atom. The average Bonchev–Trinajstić information content (AvgIpc) is 2.84. The van der Waals surface area contributed by atoms with Gasteiger partial charge in [-0.3, -0.25) is 9.36 Å². The molecule has 0 unspecified atom stereocenters. The second-order valence-electron chi connectivity index (χ2n) is 8.06. The predicted molar refractivity (Wildman–Crippen MR) is 120 cm³/mol. The highest BCUT2D eigenvalue weighted by molar-refractivity contribution is 5.75. The van der Waals surface area contributed by atoms with Gasteiger partial charge in [0.25, 0.3) is 5.56 Å². The molecule has 8 heteroatoms. The van der Waals surface area contributed by atoms with E-state index in [-0.39, 0.29) is 5.56 Å². The van der Waals surface area contributed by atoms with E-state index < -0.39 is 42.8 Å². The first-order valence-electron chi connectivity index (χ1n) is 10.5. The van der Waals surface area contributed by atoms with Crippen LogP contribution in [0.5, 0.6) is 0 Å². The topological polar surface area (TPSA) is 136 Å². The second-order valence-corrected chi connectivity index (χ2v) is 8.06. The molecule has 1 aliphatic heterocycles. The van der Waals surface area contributed by atoms with E-state index in [2.05, 4.69) is 0 Å². The summed E-state index contributed by atoms with van der Waals surface area (Å²) in [6, 6.07) is 19.9. The van der Waals surface area contributed by atoms with Crippen LogP contribution in [0.1, 0.15) is 17.4 Å². The highest BCUT2D eigenvalue weighted by Gasteiger charge is 2.45. The number of aromatic nitrogens is 1. The third kappa shape index (κ3) is 4.09. The van der Waals surface area contributed by atoms with Crippen molar-refractivity contribution in [3.63, 3.8) is 0 Å². The summed E-state index contributed by atoms with van der Waals surface area (Å²) in [5, 5.41) is 50.6. The van der Waals surface area contributed by atoms with Gasteiger partial charge in [0.1, 0.15) is 36.0 Å². The minimum Gasteiger partial charge on any atom is -0.394 e. The number of benzene rings is 2. The molecule has 0 bridgehead atoms. The Morgan fingerprint density at radius 2 is 1.64 bits per heavy atom. The average molecular weight is 448 g/mol. The van der Waals surface area contributed by atoms with E-state index in [1.165, 1.54) is 0 Å². The minimum atomic E-state index is -1.68. The van der Waals surface area contributed by atoms with Crippen molar-refractivity contribution in [2.24, 2.45) is 0 Å². The van der Waals surface area contributed by atoms with E-state index in [1.807, 2.05) is 31.2 Å². The smallest absolute Gasteiger partial charge is 0.271 e. The number of nitrogens with zero attached hydrogens (tertiary/aromatic N) is 2. The Hall–Kier alpha value is -3.32. The number of aliphatic hydroxyl groups is 4. The van der Waals surface area contributed by atoms with Crippen molar-refractivity contribution in [2.45, 2.75) is 37.6 Å². The lowest BCUT2D eigenvalue weighted by molar-refractivity contribution is -0.251. The minimum absolute atomic E-state index is 0.158. The van der Waals surface area contributed by atoms with E-state index >= 15 is 0 Å². The van der Waals surface area contributed by atoms with Crippen molar-refractivity contribution >= 4 is 0 Å². The molecule has 4 N–H and O–H groups in total. The zero-order valence-corrected chi connectivity index (χ0v) is 17.9. The van der Waals surface area contributed by atoms with Crippen LogP contribution >= 0.6 is 0 Å². The van der Waals surface area contributed by atoms with Crippen molar-refractivity contribution in [1.82, 2.24) is 4.57 Å². The molecule has 0 radical (unpaired) electrons. The SMILES string of the molecule is Cc1ccc(-c2cc(-c3ccccc3)c(C#N)c(=O)n2[C@@H]2O[C@H](CO)[C@H](O)[C@H](O)[C@H]2O)cc1. The van der Waals surface area contributed by atoms with Gasteiger partial charge in [0.15, 0.2) is 6.23 Å². The molecule has 4 rings (SSSR count). The van der Waals surface area contributed by atoms with Gasteiger partial charge in [0.2, 0.25) is 0 Å².